The number of unbranched alkanes of at least 4 members (excludes halogenated alkanes) is 1. The van der Waals surface area contributed by atoms with Crippen LogP contribution >= 0.6 is 22.6 Å². The second-order valence-corrected chi connectivity index (χ2v) is 6.90. The summed E-state index contributed by atoms with van der Waals surface area (Å²) < 4.78 is 31.9. The maximum absolute atomic E-state index is 12.3. The number of carbonyl (C=O) groups is 5. The van der Waals surface area contributed by atoms with Crippen LogP contribution in [-0.2, 0) is 24.0 Å². The molecule has 0 aliphatic rings. The van der Waals surface area contributed by atoms with E-state index in [2.05, 4.69) is 16.0 Å². The van der Waals surface area contributed by atoms with Crippen molar-refractivity contribution >= 4 is 52.3 Å². The fraction of sp³-hybridized carbons (Fsp3) is 0.688. The molecule has 31 heavy (non-hydrogen) atoms. The summed E-state index contributed by atoms with van der Waals surface area (Å²) in [5.41, 5.74) is 5.42. The van der Waals surface area contributed by atoms with Gasteiger partial charge in [-0.3, -0.25) is 19.2 Å². The Kier molecular flexibility index (Phi) is 15.6. The van der Waals surface area contributed by atoms with Gasteiger partial charge in [0, 0.05) is 0 Å². The van der Waals surface area contributed by atoms with Crippen LogP contribution in [-0.4, -0.2) is 75.1 Å². The molecule has 0 rings (SSSR count). The molecule has 7 N–H and O–H groups in total. The Morgan fingerprint density at radius 2 is 1.42 bits per heavy atom. The first-order valence-corrected chi connectivity index (χ1v) is 10.4. The summed E-state index contributed by atoms with van der Waals surface area (Å²) in [4.78, 5) is 55.3. The summed E-state index contributed by atoms with van der Waals surface area (Å²) in [5, 5.41) is 23.3. The van der Waals surface area contributed by atoms with Crippen molar-refractivity contribution in [2.24, 2.45) is 5.73 Å². The van der Waals surface area contributed by atoms with E-state index in [1.54, 1.807) is 0 Å². The smallest absolute Gasteiger partial charge is 0.480 e. The number of halogens is 4. The average Bonchev–Trinajstić information content (AvgIpc) is 2.66. The topological polar surface area (TPSA) is 188 Å². The highest BCUT2D eigenvalue weighted by Gasteiger charge is 2.38. The minimum atomic E-state index is -5.08. The van der Waals surface area contributed by atoms with Gasteiger partial charge in [-0.05, 0) is 39.7 Å². The van der Waals surface area contributed by atoms with Gasteiger partial charge >= 0.3 is 18.1 Å². The normalized spacial score (nSPS) is 13.5. The molecule has 0 aromatic heterocycles. The second-order valence-electron chi connectivity index (χ2n) is 6.14. The highest BCUT2D eigenvalue weighted by Crippen LogP contribution is 2.13. The van der Waals surface area contributed by atoms with Crippen LogP contribution in [0.15, 0.2) is 0 Å². The van der Waals surface area contributed by atoms with Crippen molar-refractivity contribution in [3.63, 3.8) is 0 Å². The monoisotopic (exact) mass is 570 g/mol. The average molecular weight is 570 g/mol. The predicted molar refractivity (Wildman–Crippen MR) is 110 cm³/mol. The zero-order valence-corrected chi connectivity index (χ0v) is 18.9. The van der Waals surface area contributed by atoms with Gasteiger partial charge in [-0.15, -0.1) is 0 Å². The number of carboxylic acids is 2. The summed E-state index contributed by atoms with van der Waals surface area (Å²) in [7, 11) is 0. The zero-order chi connectivity index (χ0) is 24.8. The highest BCUT2D eigenvalue weighted by molar-refractivity contribution is 14.1. The number of nitrogens with one attached hydrogen (secondary N) is 3. The molecule has 0 heterocycles. The summed E-state index contributed by atoms with van der Waals surface area (Å²) in [6, 6.07) is -2.74. The Morgan fingerprint density at radius 1 is 0.935 bits per heavy atom. The fourth-order valence-corrected chi connectivity index (χ4v) is 1.99. The van der Waals surface area contributed by atoms with Crippen molar-refractivity contribution in [1.29, 1.82) is 0 Å². The lowest BCUT2D eigenvalue weighted by molar-refractivity contribution is -0.192. The lowest BCUT2D eigenvalue weighted by atomic mass is 10.1. The summed E-state index contributed by atoms with van der Waals surface area (Å²) in [5.74, 6) is -5.31. The highest BCUT2D eigenvalue weighted by atomic mass is 127. The predicted octanol–water partition coefficient (Wildman–Crippen LogP) is -0.237. The van der Waals surface area contributed by atoms with Crippen molar-refractivity contribution < 1.29 is 47.4 Å². The molecule has 0 aromatic carbocycles. The maximum Gasteiger partial charge on any atom is 0.490 e. The van der Waals surface area contributed by atoms with Crippen molar-refractivity contribution in [2.75, 3.05) is 11.0 Å². The van der Waals surface area contributed by atoms with Crippen LogP contribution < -0.4 is 21.7 Å². The number of hydrogen-bond donors (Lipinski definition) is 6. The van der Waals surface area contributed by atoms with Gasteiger partial charge in [-0.25, -0.2) is 4.79 Å². The van der Waals surface area contributed by atoms with E-state index < -0.39 is 48.1 Å². The molecule has 0 unspecified atom stereocenters. The first-order chi connectivity index (χ1) is 14.2. The van der Waals surface area contributed by atoms with Crippen LogP contribution in [0.25, 0.3) is 0 Å². The van der Waals surface area contributed by atoms with E-state index in [1.807, 2.05) is 22.6 Å². The van der Waals surface area contributed by atoms with E-state index in [0.717, 1.165) is 6.42 Å². The maximum atomic E-state index is 12.3. The van der Waals surface area contributed by atoms with Crippen LogP contribution in [0, 0.1) is 0 Å². The first kappa shape index (κ1) is 31.0. The van der Waals surface area contributed by atoms with Crippen LogP contribution in [0.1, 0.15) is 33.1 Å². The Labute approximate surface area is 189 Å². The number of alkyl halides is 4. The van der Waals surface area contributed by atoms with Gasteiger partial charge in [-0.1, -0.05) is 22.6 Å². The van der Waals surface area contributed by atoms with Crippen LogP contribution in [0.3, 0.4) is 0 Å². The van der Waals surface area contributed by atoms with Gasteiger partial charge in [0.15, 0.2) is 0 Å². The number of carbonyl (C=O) groups excluding carboxylic acids is 3. The van der Waals surface area contributed by atoms with Gasteiger partial charge < -0.3 is 31.9 Å². The molecule has 0 saturated carbocycles. The van der Waals surface area contributed by atoms with E-state index in [9.17, 15) is 32.3 Å². The molecule has 0 fully saturated rings. The number of aliphatic carboxylic acids is 2. The van der Waals surface area contributed by atoms with Crippen molar-refractivity contribution in [3.05, 3.63) is 0 Å². The molecule has 0 radical (unpaired) electrons. The molecule has 0 bridgehead atoms. The zero-order valence-electron chi connectivity index (χ0n) is 16.8. The number of hydrogen-bond acceptors (Lipinski definition) is 6. The number of nitrogens with two attached hydrogens (primary N) is 1. The minimum absolute atomic E-state index is 0.213. The molecule has 3 amide bonds. The van der Waals surface area contributed by atoms with Gasteiger partial charge in [0.25, 0.3) is 0 Å². The van der Waals surface area contributed by atoms with Gasteiger partial charge in [0.2, 0.25) is 17.7 Å². The molecular formula is C16H26F3IN4O7. The van der Waals surface area contributed by atoms with Crippen molar-refractivity contribution in [3.8, 4) is 0 Å². The lowest BCUT2D eigenvalue weighted by Gasteiger charge is -2.21. The summed E-state index contributed by atoms with van der Waals surface area (Å²) >= 11 is 1.89. The molecule has 180 valence electrons. The molecule has 11 nitrogen and oxygen atoms in total. The number of carboxylic acid groups (broad SMARTS) is 2. The van der Waals surface area contributed by atoms with Crippen LogP contribution in [0.4, 0.5) is 13.2 Å². The SMILES string of the molecule is C[C@@H](NC(=O)[C@@H](C)NC(=O)[C@H](CCCCN)NC(=O)CI)C(=O)O.O=C(O)C(F)(F)F. The molecule has 0 aliphatic carbocycles. The second kappa shape index (κ2) is 15.6. The molecule has 0 aromatic rings. The Morgan fingerprint density at radius 3 is 1.81 bits per heavy atom. The van der Waals surface area contributed by atoms with E-state index in [1.165, 1.54) is 13.8 Å². The van der Waals surface area contributed by atoms with Gasteiger partial charge in [0.1, 0.15) is 18.1 Å². The molecular weight excluding hydrogens is 544 g/mol. The third-order valence-electron chi connectivity index (χ3n) is 3.44. The fourth-order valence-electron chi connectivity index (χ4n) is 1.77. The quantitative estimate of drug-likeness (QED) is 0.112. The number of amides is 3. The first-order valence-electron chi connectivity index (χ1n) is 8.86. The standard InChI is InChI=1S/C14H25IN4O5.C2HF3O2/c1-8(12(21)18-9(2)14(23)24)17-13(22)10(5-3-4-6-16)19-11(20)7-15;3-2(4,5)1(6)7/h8-10H,3-7,16H2,1-2H3,(H,17,22)(H,18,21)(H,19,20)(H,23,24);(H,6,7)/t8-,9-,10+;/m1./s1. The lowest BCUT2D eigenvalue weighted by Crippen LogP contribution is -2.54. The van der Waals surface area contributed by atoms with Gasteiger partial charge in [0.05, 0.1) is 4.43 Å². The molecule has 0 spiro atoms. The van der Waals surface area contributed by atoms with E-state index in [-0.39, 0.29) is 10.3 Å². The van der Waals surface area contributed by atoms with Crippen molar-refractivity contribution in [1.82, 2.24) is 16.0 Å². The van der Waals surface area contributed by atoms with E-state index in [0.29, 0.717) is 19.4 Å². The Hall–Kier alpha value is -2.17. The molecule has 3 atom stereocenters. The minimum Gasteiger partial charge on any atom is -0.480 e. The third-order valence-corrected chi connectivity index (χ3v) is 4.14. The molecule has 0 saturated heterocycles. The largest absolute Gasteiger partial charge is 0.490 e. The van der Waals surface area contributed by atoms with Crippen LogP contribution in [0.5, 0.6) is 0 Å². The van der Waals surface area contributed by atoms with Gasteiger partial charge in [-0.2, -0.15) is 13.2 Å². The Bertz CT molecular complexity index is 635. The number of rotatable bonds is 11. The molecule has 15 heteroatoms. The Balaban J connectivity index is 0. The molecule has 0 aliphatic heterocycles. The van der Waals surface area contributed by atoms with Crippen LogP contribution in [0.2, 0.25) is 0 Å². The van der Waals surface area contributed by atoms with Crippen molar-refractivity contribution in [2.45, 2.75) is 57.4 Å². The summed E-state index contributed by atoms with van der Waals surface area (Å²) in [6.45, 7) is 3.25. The summed E-state index contributed by atoms with van der Waals surface area (Å²) in [6.07, 6.45) is -3.30. The van der Waals surface area contributed by atoms with E-state index >= 15 is 0 Å². The third kappa shape index (κ3) is 15.3. The van der Waals surface area contributed by atoms with E-state index in [4.69, 9.17) is 20.7 Å².